The number of benzene rings is 1. The van der Waals surface area contributed by atoms with E-state index in [2.05, 4.69) is 15.5 Å². The number of methoxy groups -OCH3 is 1. The molecule has 8 nitrogen and oxygen atoms in total. The van der Waals surface area contributed by atoms with Gasteiger partial charge in [0.25, 0.3) is 0 Å². The lowest BCUT2D eigenvalue weighted by Crippen LogP contribution is -2.22. The Hall–Kier alpha value is -2.13. The highest BCUT2D eigenvalue weighted by molar-refractivity contribution is 7.89. The molecule has 0 spiro atoms. The van der Waals surface area contributed by atoms with Gasteiger partial charge in [-0.15, -0.1) is 10.2 Å². The molecule has 1 aromatic carbocycles. The second kappa shape index (κ2) is 6.97. The van der Waals surface area contributed by atoms with Crippen LogP contribution in [0.4, 0.5) is 5.69 Å². The van der Waals surface area contributed by atoms with Crippen LogP contribution in [0.25, 0.3) is 0 Å². The second-order valence-corrected chi connectivity index (χ2v) is 7.10. The van der Waals surface area contributed by atoms with Gasteiger partial charge in [-0.05, 0) is 18.2 Å². The average Bonchev–Trinajstić information content (AvgIpc) is 3.00. The molecule has 9 heteroatoms. The summed E-state index contributed by atoms with van der Waals surface area (Å²) in [4.78, 5) is 0.172. The van der Waals surface area contributed by atoms with E-state index in [-0.39, 0.29) is 11.4 Å². The molecule has 1 N–H and O–H groups in total. The number of rotatable bonds is 7. The minimum absolute atomic E-state index is 0.172. The van der Waals surface area contributed by atoms with Crippen LogP contribution in [0.15, 0.2) is 27.5 Å². The molecule has 0 atom stereocenters. The number of anilines is 1. The predicted octanol–water partition coefficient (Wildman–Crippen LogP) is 1.50. The summed E-state index contributed by atoms with van der Waals surface area (Å²) in [5, 5.41) is 10.9. The molecule has 0 unspecified atom stereocenters. The average molecular weight is 340 g/mol. The van der Waals surface area contributed by atoms with Crippen LogP contribution >= 0.6 is 0 Å². The van der Waals surface area contributed by atoms with Gasteiger partial charge in [0.15, 0.2) is 0 Å². The van der Waals surface area contributed by atoms with Crippen molar-refractivity contribution in [3.05, 3.63) is 30.0 Å². The van der Waals surface area contributed by atoms with Crippen molar-refractivity contribution in [3.63, 3.8) is 0 Å². The number of nitrogens with zero attached hydrogens (tertiary/aromatic N) is 3. The smallest absolute Gasteiger partial charge is 0.242 e. The lowest BCUT2D eigenvalue weighted by atomic mass is 10.3. The van der Waals surface area contributed by atoms with Crippen LogP contribution in [0.1, 0.15) is 18.7 Å². The van der Waals surface area contributed by atoms with Crippen molar-refractivity contribution < 1.29 is 17.6 Å². The Morgan fingerprint density at radius 1 is 1.26 bits per heavy atom. The van der Waals surface area contributed by atoms with Gasteiger partial charge in [0.1, 0.15) is 5.75 Å². The molecule has 0 aliphatic rings. The Kier molecular flexibility index (Phi) is 5.22. The molecule has 0 bridgehead atoms. The number of hydrogen-bond acceptors (Lipinski definition) is 7. The highest BCUT2D eigenvalue weighted by atomic mass is 32.2. The van der Waals surface area contributed by atoms with Crippen LogP contribution in [-0.4, -0.2) is 44.1 Å². The topological polar surface area (TPSA) is 97.6 Å². The summed E-state index contributed by atoms with van der Waals surface area (Å²) in [6.07, 6.45) is 0.660. The monoisotopic (exact) mass is 340 g/mol. The third-order valence-electron chi connectivity index (χ3n) is 3.19. The molecule has 0 aliphatic heterocycles. The van der Waals surface area contributed by atoms with E-state index in [0.29, 0.717) is 29.6 Å². The van der Waals surface area contributed by atoms with E-state index in [4.69, 9.17) is 9.15 Å². The molecule has 0 radical (unpaired) electrons. The van der Waals surface area contributed by atoms with Crippen LogP contribution in [0, 0.1) is 0 Å². The molecule has 23 heavy (non-hydrogen) atoms. The van der Waals surface area contributed by atoms with Crippen LogP contribution in [-0.2, 0) is 23.0 Å². The first-order valence-corrected chi connectivity index (χ1v) is 8.48. The molecule has 2 aromatic rings. The quantitative estimate of drug-likeness (QED) is 0.815. The van der Waals surface area contributed by atoms with Gasteiger partial charge in [0.05, 0.1) is 24.2 Å². The molecule has 0 aliphatic carbocycles. The van der Waals surface area contributed by atoms with Gasteiger partial charge < -0.3 is 14.5 Å². The van der Waals surface area contributed by atoms with E-state index in [1.807, 2.05) is 6.92 Å². The van der Waals surface area contributed by atoms with Crippen molar-refractivity contribution in [2.75, 3.05) is 26.5 Å². The SMILES string of the molecule is CCc1nnc(CNc2cc(S(=O)(=O)N(C)C)ccc2OC)o1. The lowest BCUT2D eigenvalue weighted by Gasteiger charge is -2.15. The Labute approximate surface area is 135 Å². The summed E-state index contributed by atoms with van der Waals surface area (Å²) in [6.45, 7) is 2.19. The predicted molar refractivity (Wildman–Crippen MR) is 84.9 cm³/mol. The molecule has 126 valence electrons. The van der Waals surface area contributed by atoms with Crippen LogP contribution in [0.2, 0.25) is 0 Å². The molecule has 0 saturated heterocycles. The molecule has 0 amide bonds. The van der Waals surface area contributed by atoms with Crippen molar-refractivity contribution in [1.82, 2.24) is 14.5 Å². The molecular formula is C14H20N4O4S. The summed E-state index contributed by atoms with van der Waals surface area (Å²) in [6, 6.07) is 4.62. The highest BCUT2D eigenvalue weighted by Gasteiger charge is 2.19. The standard InChI is InChI=1S/C14H20N4O4S/c1-5-13-16-17-14(22-13)9-15-11-8-10(6-7-12(11)21-4)23(19,20)18(2)3/h6-8,15H,5,9H2,1-4H3. The van der Waals surface area contributed by atoms with E-state index >= 15 is 0 Å². The molecule has 0 fully saturated rings. The summed E-state index contributed by atoms with van der Waals surface area (Å²) in [5.74, 6) is 1.50. The van der Waals surface area contributed by atoms with Crippen LogP contribution in [0.5, 0.6) is 5.75 Å². The van der Waals surface area contributed by atoms with E-state index in [9.17, 15) is 8.42 Å². The van der Waals surface area contributed by atoms with Gasteiger partial charge in [0, 0.05) is 20.5 Å². The number of sulfonamides is 1. The largest absolute Gasteiger partial charge is 0.495 e. The molecule has 1 heterocycles. The lowest BCUT2D eigenvalue weighted by molar-refractivity contribution is 0.415. The molecular weight excluding hydrogens is 320 g/mol. The van der Waals surface area contributed by atoms with E-state index in [1.165, 1.54) is 33.3 Å². The maximum Gasteiger partial charge on any atom is 0.242 e. The van der Waals surface area contributed by atoms with Gasteiger partial charge in [-0.3, -0.25) is 0 Å². The van der Waals surface area contributed by atoms with Crippen LogP contribution < -0.4 is 10.1 Å². The fourth-order valence-electron chi connectivity index (χ4n) is 1.87. The fraction of sp³-hybridized carbons (Fsp3) is 0.429. The van der Waals surface area contributed by atoms with Gasteiger partial charge in [0.2, 0.25) is 21.8 Å². The zero-order valence-corrected chi connectivity index (χ0v) is 14.3. The molecule has 1 aromatic heterocycles. The van der Waals surface area contributed by atoms with Crippen molar-refractivity contribution in [3.8, 4) is 5.75 Å². The van der Waals surface area contributed by atoms with E-state index < -0.39 is 10.0 Å². The first kappa shape index (κ1) is 17.2. The maximum atomic E-state index is 12.2. The fourth-order valence-corrected chi connectivity index (χ4v) is 2.80. The molecule has 2 rings (SSSR count). The summed E-state index contributed by atoms with van der Waals surface area (Å²) in [5.41, 5.74) is 0.534. The summed E-state index contributed by atoms with van der Waals surface area (Å²) in [7, 11) is 0.963. The first-order valence-electron chi connectivity index (χ1n) is 7.04. The molecule has 0 saturated carbocycles. The van der Waals surface area contributed by atoms with Crippen molar-refractivity contribution in [2.24, 2.45) is 0 Å². The van der Waals surface area contributed by atoms with Gasteiger partial charge >= 0.3 is 0 Å². The maximum absolute atomic E-state index is 12.2. The Morgan fingerprint density at radius 3 is 2.52 bits per heavy atom. The third kappa shape index (κ3) is 3.80. The number of ether oxygens (including phenoxy) is 1. The zero-order chi connectivity index (χ0) is 17.0. The Morgan fingerprint density at radius 2 is 1.96 bits per heavy atom. The number of hydrogen-bond donors (Lipinski definition) is 1. The second-order valence-electron chi connectivity index (χ2n) is 4.95. The summed E-state index contributed by atoms with van der Waals surface area (Å²) < 4.78 is 36.3. The zero-order valence-electron chi connectivity index (χ0n) is 13.5. The number of nitrogens with one attached hydrogen (secondary N) is 1. The number of aryl methyl sites for hydroxylation is 1. The van der Waals surface area contributed by atoms with E-state index in [1.54, 1.807) is 6.07 Å². The minimum Gasteiger partial charge on any atom is -0.495 e. The van der Waals surface area contributed by atoms with Crippen molar-refractivity contribution in [2.45, 2.75) is 24.8 Å². The van der Waals surface area contributed by atoms with Crippen molar-refractivity contribution in [1.29, 1.82) is 0 Å². The van der Waals surface area contributed by atoms with Crippen molar-refractivity contribution >= 4 is 15.7 Å². The normalized spacial score (nSPS) is 11.7. The van der Waals surface area contributed by atoms with Gasteiger partial charge in [-0.25, -0.2) is 12.7 Å². The Bertz CT molecular complexity index is 771. The van der Waals surface area contributed by atoms with Gasteiger partial charge in [-0.2, -0.15) is 0 Å². The third-order valence-corrected chi connectivity index (χ3v) is 5.00. The highest BCUT2D eigenvalue weighted by Crippen LogP contribution is 2.28. The first-order chi connectivity index (χ1) is 10.9. The Balaban J connectivity index is 2.25. The van der Waals surface area contributed by atoms with Crippen LogP contribution in [0.3, 0.4) is 0 Å². The van der Waals surface area contributed by atoms with E-state index in [0.717, 1.165) is 4.31 Å². The summed E-state index contributed by atoms with van der Waals surface area (Å²) >= 11 is 0. The minimum atomic E-state index is -3.52. The number of aromatic nitrogens is 2. The van der Waals surface area contributed by atoms with Gasteiger partial charge in [-0.1, -0.05) is 6.92 Å².